The Kier molecular flexibility index (Phi) is 4.60. The maximum atomic E-state index is 12.3. The third-order valence-corrected chi connectivity index (χ3v) is 3.97. The number of rotatable bonds is 4. The molecule has 0 aliphatic carbocycles. The van der Waals surface area contributed by atoms with E-state index in [9.17, 15) is 9.90 Å². The third-order valence-electron chi connectivity index (χ3n) is 3.97. The van der Waals surface area contributed by atoms with Gasteiger partial charge in [-0.1, -0.05) is 60.7 Å². The van der Waals surface area contributed by atoms with E-state index >= 15 is 0 Å². The predicted molar refractivity (Wildman–Crippen MR) is 92.3 cm³/mol. The number of hydrogen-bond acceptors (Lipinski definition) is 3. The zero-order chi connectivity index (χ0) is 17.1. The maximum absolute atomic E-state index is 12.3. The molecule has 0 amide bonds. The summed E-state index contributed by atoms with van der Waals surface area (Å²) in [5, 5.41) is 12.3. The minimum absolute atomic E-state index is 0.0623. The van der Waals surface area contributed by atoms with E-state index in [4.69, 9.17) is 4.74 Å². The minimum Gasteiger partial charge on any atom is -0.424 e. The predicted octanol–water partition coefficient (Wildman–Crippen LogP) is 2.78. The van der Waals surface area contributed by atoms with Gasteiger partial charge in [0.2, 0.25) is 0 Å². The lowest BCUT2D eigenvalue weighted by Crippen LogP contribution is -2.52. The van der Waals surface area contributed by atoms with Crippen molar-refractivity contribution >= 4 is 16.7 Å². The molecule has 0 aliphatic heterocycles. The Hall–Kier alpha value is -2.69. The first kappa shape index (κ1) is 16.2. The molecule has 0 bridgehead atoms. The molecule has 0 saturated heterocycles. The van der Waals surface area contributed by atoms with E-state index in [0.29, 0.717) is 11.3 Å². The van der Waals surface area contributed by atoms with Crippen molar-refractivity contribution in [3.05, 3.63) is 77.9 Å². The van der Waals surface area contributed by atoms with Crippen LogP contribution in [-0.2, 0) is 4.79 Å². The smallest absolute Gasteiger partial charge is 0.345 e. The van der Waals surface area contributed by atoms with Crippen molar-refractivity contribution in [2.75, 3.05) is 0 Å². The van der Waals surface area contributed by atoms with Gasteiger partial charge in [-0.05, 0) is 29.3 Å². The van der Waals surface area contributed by atoms with Crippen molar-refractivity contribution in [2.24, 2.45) is 0 Å². The SMILES string of the molecule is C[C@@H]([NH3+])c1c(OC(=O)[C@H](O)c2ccccc2)ccc2ccccc12. The molecule has 0 unspecified atom stereocenters. The van der Waals surface area contributed by atoms with Crippen LogP contribution in [0.5, 0.6) is 5.75 Å². The topological polar surface area (TPSA) is 74.2 Å². The van der Waals surface area contributed by atoms with Crippen LogP contribution in [0.15, 0.2) is 66.7 Å². The lowest BCUT2D eigenvalue weighted by Gasteiger charge is -2.16. The Morgan fingerprint density at radius 3 is 2.38 bits per heavy atom. The van der Waals surface area contributed by atoms with Crippen molar-refractivity contribution in [1.29, 1.82) is 0 Å². The van der Waals surface area contributed by atoms with Gasteiger partial charge in [-0.25, -0.2) is 4.79 Å². The summed E-state index contributed by atoms with van der Waals surface area (Å²) in [5.74, 6) is -0.255. The fraction of sp³-hybridized carbons (Fsp3) is 0.150. The first-order chi connectivity index (χ1) is 11.6. The largest absolute Gasteiger partial charge is 0.424 e. The Morgan fingerprint density at radius 2 is 1.67 bits per heavy atom. The second-order valence-electron chi connectivity index (χ2n) is 5.83. The van der Waals surface area contributed by atoms with Crippen LogP contribution in [0.4, 0.5) is 0 Å². The van der Waals surface area contributed by atoms with Gasteiger partial charge in [0.05, 0.1) is 5.56 Å². The monoisotopic (exact) mass is 322 g/mol. The minimum atomic E-state index is -1.31. The van der Waals surface area contributed by atoms with E-state index in [2.05, 4.69) is 5.73 Å². The van der Waals surface area contributed by atoms with Crippen LogP contribution in [-0.4, -0.2) is 11.1 Å². The summed E-state index contributed by atoms with van der Waals surface area (Å²) in [7, 11) is 0. The molecule has 0 saturated carbocycles. The number of aliphatic hydroxyl groups is 1. The highest BCUT2D eigenvalue weighted by atomic mass is 16.5. The highest BCUT2D eigenvalue weighted by molar-refractivity contribution is 5.89. The molecule has 122 valence electrons. The normalized spacial score (nSPS) is 13.5. The van der Waals surface area contributed by atoms with Crippen LogP contribution < -0.4 is 10.5 Å². The first-order valence-corrected chi connectivity index (χ1v) is 7.87. The number of esters is 1. The lowest BCUT2D eigenvalue weighted by atomic mass is 9.99. The Morgan fingerprint density at radius 1 is 1.00 bits per heavy atom. The highest BCUT2D eigenvalue weighted by Crippen LogP contribution is 2.32. The van der Waals surface area contributed by atoms with E-state index in [1.165, 1.54) is 0 Å². The average Bonchev–Trinajstić information content (AvgIpc) is 2.61. The van der Waals surface area contributed by atoms with Crippen LogP contribution >= 0.6 is 0 Å². The zero-order valence-corrected chi connectivity index (χ0v) is 13.5. The number of ether oxygens (including phenoxy) is 1. The van der Waals surface area contributed by atoms with E-state index < -0.39 is 12.1 Å². The third kappa shape index (κ3) is 3.15. The van der Waals surface area contributed by atoms with Crippen molar-refractivity contribution in [3.63, 3.8) is 0 Å². The van der Waals surface area contributed by atoms with Gasteiger partial charge in [0.15, 0.2) is 6.10 Å². The molecule has 0 aromatic heterocycles. The summed E-state index contributed by atoms with van der Waals surface area (Å²) in [4.78, 5) is 12.3. The summed E-state index contributed by atoms with van der Waals surface area (Å²) in [5.41, 5.74) is 5.45. The molecule has 3 rings (SSSR count). The molecule has 4 heteroatoms. The van der Waals surface area contributed by atoms with Crippen molar-refractivity contribution in [1.82, 2.24) is 0 Å². The van der Waals surface area contributed by atoms with Crippen molar-refractivity contribution in [3.8, 4) is 5.75 Å². The molecular weight excluding hydrogens is 302 g/mol. The molecular formula is C20H20NO3+. The van der Waals surface area contributed by atoms with E-state index in [0.717, 1.165) is 16.3 Å². The molecule has 4 nitrogen and oxygen atoms in total. The summed E-state index contributed by atoms with van der Waals surface area (Å²) >= 11 is 0. The van der Waals surface area contributed by atoms with E-state index in [1.807, 2.05) is 43.3 Å². The molecule has 3 aromatic carbocycles. The van der Waals surface area contributed by atoms with Crippen molar-refractivity contribution in [2.45, 2.75) is 19.1 Å². The van der Waals surface area contributed by atoms with Crippen LogP contribution in [0.3, 0.4) is 0 Å². The molecule has 0 radical (unpaired) electrons. The van der Waals surface area contributed by atoms with Gasteiger partial charge in [-0.15, -0.1) is 0 Å². The molecule has 24 heavy (non-hydrogen) atoms. The molecule has 0 spiro atoms. The molecule has 0 heterocycles. The fourth-order valence-corrected chi connectivity index (χ4v) is 2.81. The Labute approximate surface area is 140 Å². The summed E-state index contributed by atoms with van der Waals surface area (Å²) in [6.45, 7) is 1.95. The lowest BCUT2D eigenvalue weighted by molar-refractivity contribution is -0.420. The van der Waals surface area contributed by atoms with Gasteiger partial charge in [-0.3, -0.25) is 0 Å². The molecule has 2 atom stereocenters. The highest BCUT2D eigenvalue weighted by Gasteiger charge is 2.23. The quantitative estimate of drug-likeness (QED) is 0.573. The second-order valence-corrected chi connectivity index (χ2v) is 5.83. The van der Waals surface area contributed by atoms with Gasteiger partial charge in [0.1, 0.15) is 11.8 Å². The number of carbonyl (C=O) groups is 1. The van der Waals surface area contributed by atoms with E-state index in [1.54, 1.807) is 30.3 Å². The standard InChI is InChI=1S/C20H19NO3/c1-13(21)18-16-10-6-5-7-14(16)11-12-17(18)24-20(23)19(22)15-8-3-2-4-9-15/h2-13,19,22H,21H2,1H3/p+1/t13-,19-/m1/s1. The van der Waals surface area contributed by atoms with Crippen LogP contribution in [0.2, 0.25) is 0 Å². The maximum Gasteiger partial charge on any atom is 0.345 e. The van der Waals surface area contributed by atoms with Gasteiger partial charge < -0.3 is 15.6 Å². The van der Waals surface area contributed by atoms with Crippen LogP contribution in [0, 0.1) is 0 Å². The molecule has 3 aromatic rings. The van der Waals surface area contributed by atoms with E-state index in [-0.39, 0.29) is 6.04 Å². The number of aliphatic hydroxyl groups excluding tert-OH is 1. The van der Waals surface area contributed by atoms with Gasteiger partial charge in [0.25, 0.3) is 0 Å². The van der Waals surface area contributed by atoms with Gasteiger partial charge in [-0.2, -0.15) is 0 Å². The molecule has 4 N–H and O–H groups in total. The molecule has 0 fully saturated rings. The second kappa shape index (κ2) is 6.83. The number of hydrogen-bond donors (Lipinski definition) is 2. The van der Waals surface area contributed by atoms with Gasteiger partial charge >= 0.3 is 5.97 Å². The Balaban J connectivity index is 1.95. The summed E-state index contributed by atoms with van der Waals surface area (Å²) in [6.07, 6.45) is -1.31. The number of carbonyl (C=O) groups excluding carboxylic acids is 1. The summed E-state index contributed by atoms with van der Waals surface area (Å²) in [6, 6.07) is 20.2. The van der Waals surface area contributed by atoms with Crippen LogP contribution in [0.25, 0.3) is 10.8 Å². The van der Waals surface area contributed by atoms with Gasteiger partial charge in [0, 0.05) is 0 Å². The molecule has 0 aliphatic rings. The number of quaternary nitrogens is 1. The summed E-state index contributed by atoms with van der Waals surface area (Å²) < 4.78 is 5.50. The fourth-order valence-electron chi connectivity index (χ4n) is 2.81. The average molecular weight is 322 g/mol. The van der Waals surface area contributed by atoms with Crippen LogP contribution in [0.1, 0.15) is 30.2 Å². The number of benzene rings is 3. The Bertz CT molecular complexity index is 859. The first-order valence-electron chi connectivity index (χ1n) is 7.87. The zero-order valence-electron chi connectivity index (χ0n) is 13.5. The van der Waals surface area contributed by atoms with Crippen molar-refractivity contribution < 1.29 is 20.4 Å². The number of fused-ring (bicyclic) bond motifs is 1.